The average molecular weight is 460 g/mol. The molecule has 32 heavy (non-hydrogen) atoms. The molecule has 1 aliphatic rings. The molecular weight excluding hydrogens is 438 g/mol. The van der Waals surface area contributed by atoms with E-state index >= 15 is 0 Å². The molecule has 0 aliphatic carbocycles. The van der Waals surface area contributed by atoms with Crippen molar-refractivity contribution in [3.05, 3.63) is 52.8 Å². The van der Waals surface area contributed by atoms with Gasteiger partial charge in [0.05, 0.1) is 16.8 Å². The zero-order valence-corrected chi connectivity index (χ0v) is 17.0. The highest BCUT2D eigenvalue weighted by Gasteiger charge is 2.35. The van der Waals surface area contributed by atoms with Gasteiger partial charge in [0.25, 0.3) is 6.43 Å². The predicted octanol–water partition coefficient (Wildman–Crippen LogP) is 5.22. The molecule has 0 bridgehead atoms. The van der Waals surface area contributed by atoms with Crippen molar-refractivity contribution in [3.8, 4) is 5.75 Å². The number of nitrogens with one attached hydrogen (secondary N) is 2. The number of pyridine rings is 1. The lowest BCUT2D eigenvalue weighted by atomic mass is 9.84. The first kappa shape index (κ1) is 23.8. The number of halogens is 6. The van der Waals surface area contributed by atoms with Crippen LogP contribution in [0, 0.1) is 5.41 Å². The standard InChI is InChI=1S/C21H22F6N4O/c1-10-4-12(11-2-3-17(19(22)23)30-8-11)5-13(31-10)9-32-14-6-15(20(24)29)18(28)16(7-14)21(25,26)27/h2-3,6-8,10,12-13,19,29,31H,4-5,9,28H2,1H3. The summed E-state index contributed by atoms with van der Waals surface area (Å²) in [5, 5.41) is 10.3. The van der Waals surface area contributed by atoms with Gasteiger partial charge in [0.15, 0.2) is 0 Å². The molecule has 1 aromatic heterocycles. The van der Waals surface area contributed by atoms with Crippen LogP contribution >= 0.6 is 0 Å². The maximum Gasteiger partial charge on any atom is 0.418 e. The van der Waals surface area contributed by atoms with Gasteiger partial charge in [-0.15, -0.1) is 0 Å². The number of hydrogen-bond donors (Lipinski definition) is 3. The van der Waals surface area contributed by atoms with Crippen LogP contribution < -0.4 is 15.8 Å². The van der Waals surface area contributed by atoms with Crippen LogP contribution in [0.25, 0.3) is 0 Å². The summed E-state index contributed by atoms with van der Waals surface area (Å²) in [5.74, 6) is -1.86. The molecule has 1 saturated heterocycles. The third kappa shape index (κ3) is 5.50. The first-order valence-electron chi connectivity index (χ1n) is 9.83. The van der Waals surface area contributed by atoms with Gasteiger partial charge in [-0.3, -0.25) is 10.4 Å². The quantitative estimate of drug-likeness (QED) is 0.314. The topological polar surface area (TPSA) is 84.0 Å². The number of alkyl halides is 5. The van der Waals surface area contributed by atoms with Crippen LogP contribution in [-0.4, -0.2) is 29.6 Å². The van der Waals surface area contributed by atoms with E-state index in [2.05, 4.69) is 10.3 Å². The number of aromatic nitrogens is 1. The van der Waals surface area contributed by atoms with E-state index in [1.165, 1.54) is 12.3 Å². The summed E-state index contributed by atoms with van der Waals surface area (Å²) in [6.07, 6.45) is -4.83. The van der Waals surface area contributed by atoms with E-state index in [9.17, 15) is 26.3 Å². The smallest absolute Gasteiger partial charge is 0.418 e. The Morgan fingerprint density at radius 3 is 2.56 bits per heavy atom. The highest BCUT2D eigenvalue weighted by atomic mass is 19.4. The Morgan fingerprint density at radius 2 is 2.00 bits per heavy atom. The van der Waals surface area contributed by atoms with E-state index in [4.69, 9.17) is 15.9 Å². The van der Waals surface area contributed by atoms with Crippen LogP contribution in [0.5, 0.6) is 5.75 Å². The number of anilines is 1. The Balaban J connectivity index is 1.74. The zero-order valence-electron chi connectivity index (χ0n) is 17.0. The lowest BCUT2D eigenvalue weighted by molar-refractivity contribution is -0.137. The Hall–Kier alpha value is -2.82. The van der Waals surface area contributed by atoms with Crippen molar-refractivity contribution in [2.75, 3.05) is 12.3 Å². The summed E-state index contributed by atoms with van der Waals surface area (Å²) in [5.41, 5.74) is 3.02. The SMILES string of the molecule is CC1CC(c2ccc(C(F)F)nc2)CC(COc2cc(C(=N)F)c(N)c(C(F)(F)F)c2)N1. The lowest BCUT2D eigenvalue weighted by Gasteiger charge is -2.35. The van der Waals surface area contributed by atoms with Gasteiger partial charge in [-0.1, -0.05) is 6.07 Å². The van der Waals surface area contributed by atoms with Crippen LogP contribution in [0.1, 0.15) is 54.5 Å². The van der Waals surface area contributed by atoms with Crippen LogP contribution in [0.4, 0.5) is 32.0 Å². The summed E-state index contributed by atoms with van der Waals surface area (Å²) in [4.78, 5) is 3.79. The van der Waals surface area contributed by atoms with Crippen molar-refractivity contribution in [2.24, 2.45) is 0 Å². The third-order valence-electron chi connectivity index (χ3n) is 5.38. The lowest BCUT2D eigenvalue weighted by Crippen LogP contribution is -2.46. The van der Waals surface area contributed by atoms with Crippen molar-refractivity contribution in [1.82, 2.24) is 10.3 Å². The molecule has 174 valence electrons. The van der Waals surface area contributed by atoms with E-state index < -0.39 is 35.4 Å². The molecule has 1 aliphatic heterocycles. The van der Waals surface area contributed by atoms with Crippen molar-refractivity contribution < 1.29 is 31.1 Å². The van der Waals surface area contributed by atoms with Crippen molar-refractivity contribution in [3.63, 3.8) is 0 Å². The molecule has 3 atom stereocenters. The summed E-state index contributed by atoms with van der Waals surface area (Å²) >= 11 is 0. The predicted molar refractivity (Wildman–Crippen MR) is 107 cm³/mol. The number of nitrogens with zero attached hydrogens (tertiary/aromatic N) is 1. The molecule has 0 saturated carbocycles. The summed E-state index contributed by atoms with van der Waals surface area (Å²) in [6.45, 7) is 1.90. The van der Waals surface area contributed by atoms with E-state index in [0.717, 1.165) is 18.1 Å². The van der Waals surface area contributed by atoms with E-state index in [1.807, 2.05) is 6.92 Å². The van der Waals surface area contributed by atoms with Gasteiger partial charge in [0.2, 0.25) is 5.97 Å². The Kier molecular flexibility index (Phi) is 6.97. The first-order valence-corrected chi connectivity index (χ1v) is 9.83. The molecule has 11 heteroatoms. The molecule has 4 N–H and O–H groups in total. The minimum atomic E-state index is -4.84. The number of nitrogens with two attached hydrogens (primary N) is 1. The van der Waals surface area contributed by atoms with Crippen LogP contribution in [0.15, 0.2) is 30.5 Å². The normalized spacial score (nSPS) is 21.6. The summed E-state index contributed by atoms with van der Waals surface area (Å²) in [7, 11) is 0. The number of nitrogen functional groups attached to an aromatic ring is 1. The molecule has 1 aromatic carbocycles. The number of ether oxygens (including phenoxy) is 1. The maximum atomic E-state index is 13.4. The first-order chi connectivity index (χ1) is 15.0. The fourth-order valence-electron chi connectivity index (χ4n) is 3.90. The summed E-state index contributed by atoms with van der Waals surface area (Å²) < 4.78 is 84.1. The third-order valence-corrected chi connectivity index (χ3v) is 5.38. The second kappa shape index (κ2) is 9.35. The van der Waals surface area contributed by atoms with Gasteiger partial charge in [-0.2, -0.15) is 17.6 Å². The molecule has 3 rings (SSSR count). The summed E-state index contributed by atoms with van der Waals surface area (Å²) in [6, 6.07) is 4.28. The maximum absolute atomic E-state index is 13.4. The largest absolute Gasteiger partial charge is 0.492 e. The fourth-order valence-corrected chi connectivity index (χ4v) is 3.90. The molecule has 3 unspecified atom stereocenters. The monoisotopic (exact) mass is 460 g/mol. The number of rotatable bonds is 6. The molecule has 5 nitrogen and oxygen atoms in total. The molecule has 0 amide bonds. The molecule has 1 fully saturated rings. The van der Waals surface area contributed by atoms with E-state index in [-0.39, 0.29) is 36.1 Å². The van der Waals surface area contributed by atoms with Gasteiger partial charge in [0, 0.05) is 18.3 Å². The van der Waals surface area contributed by atoms with Gasteiger partial charge < -0.3 is 15.8 Å². The zero-order chi connectivity index (χ0) is 23.6. The fraction of sp³-hybridized carbons (Fsp3) is 0.429. The molecule has 2 aromatic rings. The van der Waals surface area contributed by atoms with Crippen LogP contribution in [0.2, 0.25) is 0 Å². The molecule has 2 heterocycles. The van der Waals surface area contributed by atoms with Crippen molar-refractivity contribution in [2.45, 2.75) is 50.4 Å². The van der Waals surface area contributed by atoms with Crippen LogP contribution in [0.3, 0.4) is 0 Å². The Bertz CT molecular complexity index is 964. The van der Waals surface area contributed by atoms with Crippen molar-refractivity contribution >= 4 is 11.7 Å². The molecular formula is C21H22F6N4O. The Labute approximate surface area is 180 Å². The minimum absolute atomic E-state index is 0.00851. The van der Waals surface area contributed by atoms with Crippen molar-refractivity contribution in [1.29, 1.82) is 5.41 Å². The number of benzene rings is 1. The van der Waals surface area contributed by atoms with Gasteiger partial charge in [-0.25, -0.2) is 8.78 Å². The molecule has 0 spiro atoms. The van der Waals surface area contributed by atoms with E-state index in [1.54, 1.807) is 6.07 Å². The number of piperidine rings is 1. The van der Waals surface area contributed by atoms with Gasteiger partial charge in [0.1, 0.15) is 18.1 Å². The second-order valence-electron chi connectivity index (χ2n) is 7.80. The second-order valence-corrected chi connectivity index (χ2v) is 7.80. The van der Waals surface area contributed by atoms with Gasteiger partial charge in [-0.05, 0) is 49.4 Å². The average Bonchev–Trinajstić information content (AvgIpc) is 2.71. The van der Waals surface area contributed by atoms with E-state index in [0.29, 0.717) is 12.5 Å². The van der Waals surface area contributed by atoms with Gasteiger partial charge >= 0.3 is 6.18 Å². The number of hydrogen-bond acceptors (Lipinski definition) is 5. The minimum Gasteiger partial charge on any atom is -0.492 e. The highest BCUT2D eigenvalue weighted by molar-refractivity contribution is 5.97. The Morgan fingerprint density at radius 1 is 1.28 bits per heavy atom. The molecule has 0 radical (unpaired) electrons. The highest BCUT2D eigenvalue weighted by Crippen LogP contribution is 2.38. The van der Waals surface area contributed by atoms with Crippen LogP contribution in [-0.2, 0) is 6.18 Å².